The van der Waals surface area contributed by atoms with Crippen LogP contribution in [0, 0.1) is 12.8 Å². The third-order valence-electron chi connectivity index (χ3n) is 3.34. The molecule has 0 unspecified atom stereocenters. The van der Waals surface area contributed by atoms with Gasteiger partial charge in [-0.2, -0.15) is 0 Å². The summed E-state index contributed by atoms with van der Waals surface area (Å²) in [4.78, 5) is 9.36. The average Bonchev–Trinajstić information content (AvgIpc) is 3.13. The highest BCUT2D eigenvalue weighted by molar-refractivity contribution is 5.45. The molecule has 0 saturated heterocycles. The van der Waals surface area contributed by atoms with E-state index in [0.29, 0.717) is 0 Å². The van der Waals surface area contributed by atoms with Crippen molar-refractivity contribution in [3.8, 4) is 0 Å². The number of aromatic nitrogens is 2. The van der Waals surface area contributed by atoms with Gasteiger partial charge < -0.3 is 5.32 Å². The molecule has 0 radical (unpaired) electrons. The van der Waals surface area contributed by atoms with Crippen LogP contribution in [0.25, 0.3) is 0 Å². The lowest BCUT2D eigenvalue weighted by atomic mass is 10.1. The molecule has 17 heavy (non-hydrogen) atoms. The van der Waals surface area contributed by atoms with Crippen LogP contribution in [0.1, 0.15) is 50.2 Å². The topological polar surface area (TPSA) is 37.8 Å². The second kappa shape index (κ2) is 5.48. The van der Waals surface area contributed by atoms with Crippen LogP contribution in [-0.4, -0.2) is 16.5 Å². The second-order valence-electron chi connectivity index (χ2n) is 4.99. The van der Waals surface area contributed by atoms with Crippen molar-refractivity contribution in [3.63, 3.8) is 0 Å². The van der Waals surface area contributed by atoms with Crippen LogP contribution in [0.3, 0.4) is 0 Å². The Kier molecular flexibility index (Phi) is 3.97. The van der Waals surface area contributed by atoms with Gasteiger partial charge in [-0.15, -0.1) is 0 Å². The second-order valence-corrected chi connectivity index (χ2v) is 4.99. The normalized spacial score (nSPS) is 15.0. The van der Waals surface area contributed by atoms with Gasteiger partial charge in [0.2, 0.25) is 0 Å². The van der Waals surface area contributed by atoms with Gasteiger partial charge >= 0.3 is 0 Å². The van der Waals surface area contributed by atoms with Crippen molar-refractivity contribution < 1.29 is 0 Å². The lowest BCUT2D eigenvalue weighted by Gasteiger charge is -2.12. The van der Waals surface area contributed by atoms with Crippen molar-refractivity contribution in [2.24, 2.45) is 5.92 Å². The maximum absolute atomic E-state index is 4.69. The van der Waals surface area contributed by atoms with Crippen LogP contribution in [0.2, 0.25) is 0 Å². The van der Waals surface area contributed by atoms with Gasteiger partial charge in [-0.3, -0.25) is 0 Å². The first-order chi connectivity index (χ1) is 8.24. The first-order valence-electron chi connectivity index (χ1n) is 6.84. The summed E-state index contributed by atoms with van der Waals surface area (Å²) in [6.45, 7) is 7.46. The number of rotatable bonds is 6. The minimum Gasteiger partial charge on any atom is -0.370 e. The Hall–Kier alpha value is -1.12. The van der Waals surface area contributed by atoms with Crippen LogP contribution >= 0.6 is 0 Å². The molecule has 94 valence electrons. The smallest absolute Gasteiger partial charge is 0.132 e. The zero-order valence-corrected chi connectivity index (χ0v) is 11.2. The molecule has 1 N–H and O–H groups in total. The molecule has 3 heteroatoms. The molecular formula is C14H23N3. The van der Waals surface area contributed by atoms with Gasteiger partial charge in [-0.05, 0) is 38.5 Å². The fourth-order valence-corrected chi connectivity index (χ4v) is 2.05. The van der Waals surface area contributed by atoms with E-state index in [1.807, 2.05) is 0 Å². The number of hydrogen-bond acceptors (Lipinski definition) is 3. The van der Waals surface area contributed by atoms with Gasteiger partial charge in [0.05, 0.1) is 0 Å². The summed E-state index contributed by atoms with van der Waals surface area (Å²) in [5.41, 5.74) is 2.43. The van der Waals surface area contributed by atoms with Gasteiger partial charge in [0.1, 0.15) is 11.6 Å². The van der Waals surface area contributed by atoms with E-state index in [4.69, 9.17) is 0 Å². The van der Waals surface area contributed by atoms with E-state index < -0.39 is 0 Å². The van der Waals surface area contributed by atoms with Crippen LogP contribution in [0.15, 0.2) is 0 Å². The first-order valence-corrected chi connectivity index (χ1v) is 6.84. The minimum absolute atomic E-state index is 0.849. The van der Waals surface area contributed by atoms with E-state index >= 15 is 0 Å². The standard InChI is InChI=1S/C14H23N3/c1-4-8-15-14-10(3)12(5-2)16-13(17-14)9-11-6-7-11/h11H,4-9H2,1-3H3,(H,15,16,17). The van der Waals surface area contributed by atoms with Crippen LogP contribution in [-0.2, 0) is 12.8 Å². The minimum atomic E-state index is 0.849. The SMILES string of the molecule is CCCNc1nc(CC2CC2)nc(CC)c1C. The Bertz CT molecular complexity index is 383. The van der Waals surface area contributed by atoms with Crippen LogP contribution < -0.4 is 5.32 Å². The van der Waals surface area contributed by atoms with E-state index in [-0.39, 0.29) is 0 Å². The molecule has 0 amide bonds. The predicted octanol–water partition coefficient (Wildman–Crippen LogP) is 3.12. The van der Waals surface area contributed by atoms with Crippen molar-refractivity contribution in [1.29, 1.82) is 0 Å². The summed E-state index contributed by atoms with van der Waals surface area (Å²) in [6, 6.07) is 0. The number of nitrogens with one attached hydrogen (secondary N) is 1. The number of aryl methyl sites for hydroxylation is 1. The molecule has 1 aliphatic rings. The Morgan fingerprint density at radius 3 is 2.59 bits per heavy atom. The van der Waals surface area contributed by atoms with E-state index in [2.05, 4.69) is 36.1 Å². The van der Waals surface area contributed by atoms with Crippen molar-refractivity contribution in [2.75, 3.05) is 11.9 Å². The van der Waals surface area contributed by atoms with E-state index in [1.165, 1.54) is 24.1 Å². The molecule has 0 aliphatic heterocycles. The molecule has 1 saturated carbocycles. The van der Waals surface area contributed by atoms with Gasteiger partial charge in [-0.25, -0.2) is 9.97 Å². The van der Waals surface area contributed by atoms with E-state index in [1.54, 1.807) is 0 Å². The van der Waals surface area contributed by atoms with Gasteiger partial charge in [-0.1, -0.05) is 13.8 Å². The number of hydrogen-bond donors (Lipinski definition) is 1. The molecule has 0 spiro atoms. The van der Waals surface area contributed by atoms with Crippen LogP contribution in [0.4, 0.5) is 5.82 Å². The molecule has 1 aromatic heterocycles. The fourth-order valence-electron chi connectivity index (χ4n) is 2.05. The third-order valence-corrected chi connectivity index (χ3v) is 3.34. The van der Waals surface area contributed by atoms with Gasteiger partial charge in [0.25, 0.3) is 0 Å². The van der Waals surface area contributed by atoms with Crippen molar-refractivity contribution in [2.45, 2.75) is 52.9 Å². The summed E-state index contributed by atoms with van der Waals surface area (Å²) >= 11 is 0. The van der Waals surface area contributed by atoms with E-state index in [0.717, 1.165) is 43.4 Å². The molecule has 3 nitrogen and oxygen atoms in total. The molecule has 1 aliphatic carbocycles. The zero-order valence-electron chi connectivity index (χ0n) is 11.2. The molecule has 2 rings (SSSR count). The largest absolute Gasteiger partial charge is 0.370 e. The predicted molar refractivity (Wildman–Crippen MR) is 71.4 cm³/mol. The Labute approximate surface area is 104 Å². The maximum atomic E-state index is 4.69. The quantitative estimate of drug-likeness (QED) is 0.820. The molecule has 0 aromatic carbocycles. The summed E-state index contributed by atoms with van der Waals surface area (Å²) in [7, 11) is 0. The van der Waals surface area contributed by atoms with E-state index in [9.17, 15) is 0 Å². The zero-order chi connectivity index (χ0) is 12.3. The Morgan fingerprint density at radius 1 is 1.24 bits per heavy atom. The first kappa shape index (κ1) is 12.3. The lowest BCUT2D eigenvalue weighted by molar-refractivity contribution is 0.753. The summed E-state index contributed by atoms with van der Waals surface area (Å²) in [5.74, 6) is 2.93. The molecule has 1 aromatic rings. The highest BCUT2D eigenvalue weighted by Gasteiger charge is 2.23. The van der Waals surface area contributed by atoms with Crippen molar-refractivity contribution in [3.05, 3.63) is 17.1 Å². The Balaban J connectivity index is 2.20. The molecular weight excluding hydrogens is 210 g/mol. The van der Waals surface area contributed by atoms with Crippen molar-refractivity contribution >= 4 is 5.82 Å². The molecule has 1 fully saturated rings. The molecule has 1 heterocycles. The van der Waals surface area contributed by atoms with Gasteiger partial charge in [0.15, 0.2) is 0 Å². The number of nitrogens with zero attached hydrogens (tertiary/aromatic N) is 2. The van der Waals surface area contributed by atoms with Gasteiger partial charge in [0, 0.05) is 24.2 Å². The third kappa shape index (κ3) is 3.18. The van der Waals surface area contributed by atoms with Crippen molar-refractivity contribution in [1.82, 2.24) is 9.97 Å². The summed E-state index contributed by atoms with van der Waals surface area (Å²) in [5, 5.41) is 3.42. The highest BCUT2D eigenvalue weighted by Crippen LogP contribution is 2.32. The Morgan fingerprint density at radius 2 is 2.00 bits per heavy atom. The highest BCUT2D eigenvalue weighted by atomic mass is 15.0. The average molecular weight is 233 g/mol. The van der Waals surface area contributed by atoms with Crippen LogP contribution in [0.5, 0.6) is 0 Å². The summed E-state index contributed by atoms with van der Waals surface area (Å²) in [6.07, 6.45) is 5.90. The molecule has 0 atom stereocenters. The monoisotopic (exact) mass is 233 g/mol. The number of anilines is 1. The maximum Gasteiger partial charge on any atom is 0.132 e. The fraction of sp³-hybridized carbons (Fsp3) is 0.714. The summed E-state index contributed by atoms with van der Waals surface area (Å²) < 4.78 is 0. The molecule has 0 bridgehead atoms. The lowest BCUT2D eigenvalue weighted by Crippen LogP contribution is -2.10.